The van der Waals surface area contributed by atoms with Gasteiger partial charge in [0.1, 0.15) is 5.82 Å². The summed E-state index contributed by atoms with van der Waals surface area (Å²) in [5.41, 5.74) is 1.03. The smallest absolute Gasteiger partial charge is 0.203 e. The molecule has 26 heavy (non-hydrogen) atoms. The van der Waals surface area contributed by atoms with Gasteiger partial charge in [0.25, 0.3) is 0 Å². The Morgan fingerprint density at radius 3 is 2.15 bits per heavy atom. The first kappa shape index (κ1) is 18.1. The van der Waals surface area contributed by atoms with Crippen molar-refractivity contribution in [2.75, 3.05) is 27.6 Å². The zero-order valence-corrected chi connectivity index (χ0v) is 15.6. The molecular weight excluding hydrogens is 357 g/mol. The molecule has 0 spiro atoms. The lowest BCUT2D eigenvalue weighted by molar-refractivity contribution is 0.324. The number of halogens is 1. The Hall–Kier alpha value is -2.74. The summed E-state index contributed by atoms with van der Waals surface area (Å²) < 4.78 is 32.2. The highest BCUT2D eigenvalue weighted by Crippen LogP contribution is 2.41. The number of methoxy groups -OCH3 is 3. The van der Waals surface area contributed by atoms with Crippen LogP contribution in [0.15, 0.2) is 41.6 Å². The quantitative estimate of drug-likeness (QED) is 0.611. The van der Waals surface area contributed by atoms with Gasteiger partial charge < -0.3 is 14.2 Å². The van der Waals surface area contributed by atoms with E-state index < -0.39 is 0 Å². The van der Waals surface area contributed by atoms with Crippen molar-refractivity contribution >= 4 is 11.8 Å². The molecule has 0 aliphatic carbocycles. The van der Waals surface area contributed by atoms with Crippen LogP contribution in [0.3, 0.4) is 0 Å². The number of rotatable bonds is 6. The third kappa shape index (κ3) is 3.08. The molecule has 0 aliphatic rings. The van der Waals surface area contributed by atoms with Gasteiger partial charge in [-0.3, -0.25) is 4.57 Å². The Kier molecular flexibility index (Phi) is 5.32. The van der Waals surface area contributed by atoms with Crippen molar-refractivity contribution in [3.8, 4) is 34.3 Å². The number of thioether (sulfide) groups is 1. The molecule has 0 atom stereocenters. The van der Waals surface area contributed by atoms with E-state index in [1.54, 1.807) is 34.9 Å². The van der Waals surface area contributed by atoms with Gasteiger partial charge in [-0.2, -0.15) is 0 Å². The van der Waals surface area contributed by atoms with Crippen LogP contribution in [0.5, 0.6) is 17.2 Å². The van der Waals surface area contributed by atoms with E-state index in [1.165, 1.54) is 39.2 Å². The molecule has 6 nitrogen and oxygen atoms in total. The van der Waals surface area contributed by atoms with Gasteiger partial charge in [0, 0.05) is 5.56 Å². The summed E-state index contributed by atoms with van der Waals surface area (Å²) >= 11 is 1.38. The maximum Gasteiger partial charge on any atom is 0.203 e. The Labute approximate surface area is 154 Å². The molecule has 0 saturated heterocycles. The zero-order chi connectivity index (χ0) is 18.7. The number of ether oxygens (including phenoxy) is 3. The van der Waals surface area contributed by atoms with Crippen LogP contribution in [0, 0.1) is 5.82 Å². The van der Waals surface area contributed by atoms with E-state index in [0.29, 0.717) is 39.5 Å². The fourth-order valence-corrected chi connectivity index (χ4v) is 3.14. The number of hydrogen-bond acceptors (Lipinski definition) is 6. The van der Waals surface area contributed by atoms with Crippen molar-refractivity contribution in [3.05, 3.63) is 42.2 Å². The van der Waals surface area contributed by atoms with Crippen molar-refractivity contribution in [2.24, 2.45) is 0 Å². The molecule has 0 N–H and O–H groups in total. The van der Waals surface area contributed by atoms with Gasteiger partial charge in [-0.25, -0.2) is 4.39 Å². The highest BCUT2D eigenvalue weighted by Gasteiger charge is 2.21. The molecule has 0 unspecified atom stereocenters. The fraction of sp³-hybridized carbons (Fsp3) is 0.222. The number of nitrogens with zero attached hydrogens (tertiary/aromatic N) is 3. The molecule has 1 aromatic heterocycles. The van der Waals surface area contributed by atoms with Crippen molar-refractivity contribution in [1.29, 1.82) is 0 Å². The Morgan fingerprint density at radius 2 is 1.62 bits per heavy atom. The molecule has 3 rings (SSSR count). The summed E-state index contributed by atoms with van der Waals surface area (Å²) in [7, 11) is 4.61. The lowest BCUT2D eigenvalue weighted by atomic mass is 10.1. The average molecular weight is 375 g/mol. The summed E-state index contributed by atoms with van der Waals surface area (Å²) in [4.78, 5) is 0. The van der Waals surface area contributed by atoms with E-state index in [9.17, 15) is 4.39 Å². The second-order valence-corrected chi connectivity index (χ2v) is 5.98. The maximum absolute atomic E-state index is 14.4. The molecule has 0 fully saturated rings. The van der Waals surface area contributed by atoms with E-state index in [0.717, 1.165) is 0 Å². The van der Waals surface area contributed by atoms with Gasteiger partial charge in [-0.15, -0.1) is 10.2 Å². The second-order valence-electron chi connectivity index (χ2n) is 5.21. The van der Waals surface area contributed by atoms with Crippen molar-refractivity contribution in [2.45, 2.75) is 5.16 Å². The first-order chi connectivity index (χ1) is 12.6. The van der Waals surface area contributed by atoms with Crippen LogP contribution in [0.25, 0.3) is 17.1 Å². The van der Waals surface area contributed by atoms with Gasteiger partial charge >= 0.3 is 0 Å². The van der Waals surface area contributed by atoms with Crippen LogP contribution >= 0.6 is 11.8 Å². The van der Waals surface area contributed by atoms with Gasteiger partial charge in [-0.05, 0) is 30.5 Å². The number of hydrogen-bond donors (Lipinski definition) is 0. The molecule has 0 amide bonds. The van der Waals surface area contributed by atoms with Crippen LogP contribution in [0.2, 0.25) is 0 Å². The van der Waals surface area contributed by atoms with Gasteiger partial charge in [0.15, 0.2) is 22.5 Å². The molecule has 3 aromatic rings. The Bertz CT molecular complexity index is 905. The lowest BCUT2D eigenvalue weighted by Gasteiger charge is -2.15. The van der Waals surface area contributed by atoms with E-state index in [4.69, 9.17) is 14.2 Å². The first-order valence-electron chi connectivity index (χ1n) is 7.69. The van der Waals surface area contributed by atoms with Crippen LogP contribution in [0.1, 0.15) is 0 Å². The number of aromatic nitrogens is 3. The zero-order valence-electron chi connectivity index (χ0n) is 14.8. The second kappa shape index (κ2) is 7.65. The molecule has 136 valence electrons. The molecule has 0 bridgehead atoms. The third-order valence-electron chi connectivity index (χ3n) is 3.83. The van der Waals surface area contributed by atoms with E-state index in [1.807, 2.05) is 6.26 Å². The maximum atomic E-state index is 14.4. The summed E-state index contributed by atoms with van der Waals surface area (Å²) in [6, 6.07) is 10.0. The van der Waals surface area contributed by atoms with Crippen LogP contribution < -0.4 is 14.2 Å². The lowest BCUT2D eigenvalue weighted by Crippen LogP contribution is -2.03. The summed E-state index contributed by atoms with van der Waals surface area (Å²) in [5, 5.41) is 9.00. The molecule has 2 aromatic carbocycles. The largest absolute Gasteiger partial charge is 0.493 e. The van der Waals surface area contributed by atoms with Gasteiger partial charge in [-0.1, -0.05) is 23.9 Å². The topological polar surface area (TPSA) is 58.4 Å². The normalized spacial score (nSPS) is 10.7. The third-order valence-corrected chi connectivity index (χ3v) is 4.46. The molecule has 0 saturated carbocycles. The molecule has 1 heterocycles. The minimum atomic E-state index is -0.365. The molecular formula is C18H18FN3O3S. The van der Waals surface area contributed by atoms with E-state index in [-0.39, 0.29) is 5.82 Å². The van der Waals surface area contributed by atoms with Crippen LogP contribution in [0.4, 0.5) is 4.39 Å². The average Bonchev–Trinajstić information content (AvgIpc) is 3.10. The highest BCUT2D eigenvalue weighted by atomic mass is 32.2. The molecule has 0 aliphatic heterocycles. The predicted molar refractivity (Wildman–Crippen MR) is 98.2 cm³/mol. The Balaban J connectivity index is 2.26. The minimum Gasteiger partial charge on any atom is -0.493 e. The first-order valence-corrected chi connectivity index (χ1v) is 8.91. The van der Waals surface area contributed by atoms with E-state index >= 15 is 0 Å². The van der Waals surface area contributed by atoms with Crippen LogP contribution in [-0.2, 0) is 0 Å². The number of benzene rings is 2. The molecule has 8 heteroatoms. The predicted octanol–water partition coefficient (Wildman–Crippen LogP) is 3.82. The SMILES string of the molecule is COc1cc(-c2nnc(SC)n2-c2ccccc2F)cc(OC)c1OC. The van der Waals surface area contributed by atoms with E-state index in [2.05, 4.69) is 10.2 Å². The monoisotopic (exact) mass is 375 g/mol. The van der Waals surface area contributed by atoms with Gasteiger partial charge in [0.05, 0.1) is 27.0 Å². The molecule has 0 radical (unpaired) electrons. The summed E-state index contributed by atoms with van der Waals surface area (Å²) in [6.07, 6.45) is 1.86. The highest BCUT2D eigenvalue weighted by molar-refractivity contribution is 7.98. The number of para-hydroxylation sites is 1. The standard InChI is InChI=1S/C18H18FN3O3S/c1-23-14-9-11(10-15(24-2)16(14)25-3)17-20-21-18(26-4)22(17)13-8-6-5-7-12(13)19/h5-10H,1-4H3. The fourth-order valence-electron chi connectivity index (χ4n) is 2.65. The van der Waals surface area contributed by atoms with Gasteiger partial charge in [0.2, 0.25) is 5.75 Å². The summed E-state index contributed by atoms with van der Waals surface area (Å²) in [5.74, 6) is 1.54. The summed E-state index contributed by atoms with van der Waals surface area (Å²) in [6.45, 7) is 0. The van der Waals surface area contributed by atoms with Crippen LogP contribution in [-0.4, -0.2) is 42.3 Å². The Morgan fingerprint density at radius 1 is 0.962 bits per heavy atom. The van der Waals surface area contributed by atoms with Crippen molar-refractivity contribution < 1.29 is 18.6 Å². The minimum absolute atomic E-state index is 0.365. The van der Waals surface area contributed by atoms with Crippen molar-refractivity contribution in [3.63, 3.8) is 0 Å². The van der Waals surface area contributed by atoms with Crippen molar-refractivity contribution in [1.82, 2.24) is 14.8 Å².